The highest BCUT2D eigenvalue weighted by Gasteiger charge is 2.12. The maximum absolute atomic E-state index is 10.6. The first-order valence-corrected chi connectivity index (χ1v) is 9.51. The molecule has 1 aromatic rings. The molecule has 0 aliphatic carbocycles. The molecule has 0 saturated heterocycles. The molecule has 1 aromatic heterocycles. The van der Waals surface area contributed by atoms with Crippen molar-refractivity contribution in [1.82, 2.24) is 0 Å². The van der Waals surface area contributed by atoms with E-state index in [-0.39, 0.29) is 18.9 Å². The van der Waals surface area contributed by atoms with Gasteiger partial charge >= 0.3 is 11.9 Å². The van der Waals surface area contributed by atoms with Crippen LogP contribution >= 0.6 is 0 Å². The summed E-state index contributed by atoms with van der Waals surface area (Å²) in [5.41, 5.74) is 0. The van der Waals surface area contributed by atoms with Crippen molar-refractivity contribution in [1.29, 1.82) is 0 Å². The predicted octanol–water partition coefficient (Wildman–Crippen LogP) is 3.83. The zero-order valence-corrected chi connectivity index (χ0v) is 15.9. The monoisotopic (exact) mass is 382 g/mol. The lowest BCUT2D eigenvalue weighted by Crippen LogP contribution is -2.14. The van der Waals surface area contributed by atoms with Crippen LogP contribution in [-0.2, 0) is 32.0 Å². The average molecular weight is 382 g/mol. The summed E-state index contributed by atoms with van der Waals surface area (Å²) in [6.45, 7) is 2.44. The zero-order valence-electron chi connectivity index (χ0n) is 15.9. The van der Waals surface area contributed by atoms with E-state index in [9.17, 15) is 14.4 Å². The van der Waals surface area contributed by atoms with Gasteiger partial charge < -0.3 is 19.4 Å². The molecule has 0 fully saturated rings. The van der Waals surface area contributed by atoms with Gasteiger partial charge in [-0.15, -0.1) is 0 Å². The molecule has 1 heterocycles. The molecule has 0 amide bonds. The van der Waals surface area contributed by atoms with Gasteiger partial charge in [0.05, 0.1) is 0 Å². The third-order valence-corrected chi connectivity index (χ3v) is 4.57. The highest BCUT2D eigenvalue weighted by molar-refractivity contribution is 5.66. The van der Waals surface area contributed by atoms with Crippen LogP contribution in [0.25, 0.3) is 0 Å². The van der Waals surface area contributed by atoms with E-state index in [0.717, 1.165) is 37.2 Å². The molecule has 0 aliphatic heterocycles. The summed E-state index contributed by atoms with van der Waals surface area (Å²) >= 11 is 0. The molecule has 7 heteroatoms. The quantitative estimate of drug-likeness (QED) is 0.418. The molecule has 0 saturated carbocycles. The molecule has 0 aliphatic rings. The van der Waals surface area contributed by atoms with Gasteiger partial charge in [-0.25, -0.2) is 0 Å². The van der Waals surface area contributed by atoms with Crippen LogP contribution in [0.4, 0.5) is 0 Å². The van der Waals surface area contributed by atoms with Crippen LogP contribution < -0.4 is 0 Å². The van der Waals surface area contributed by atoms with Gasteiger partial charge in [-0.05, 0) is 50.2 Å². The molecule has 0 bridgehead atoms. The summed E-state index contributed by atoms with van der Waals surface area (Å²) in [5, 5.41) is 17.4. The molecule has 2 N–H and O–H groups in total. The molecule has 2 atom stereocenters. The fourth-order valence-electron chi connectivity index (χ4n) is 2.98. The summed E-state index contributed by atoms with van der Waals surface area (Å²) < 4.78 is 10.7. The third-order valence-electron chi connectivity index (χ3n) is 4.57. The molecule has 2 unspecified atom stereocenters. The SMILES string of the molecule is CC(CCCc1ccc(CCCC(CCC(=O)O)OC=O)o1)CCC(=O)O. The molecule has 7 nitrogen and oxygen atoms in total. The van der Waals surface area contributed by atoms with Crippen LogP contribution in [-0.4, -0.2) is 34.7 Å². The van der Waals surface area contributed by atoms with Crippen LogP contribution in [0, 0.1) is 5.92 Å². The fourth-order valence-corrected chi connectivity index (χ4v) is 2.98. The fraction of sp³-hybridized carbons (Fsp3) is 0.650. The molecule has 152 valence electrons. The van der Waals surface area contributed by atoms with E-state index < -0.39 is 11.9 Å². The second-order valence-corrected chi connectivity index (χ2v) is 6.98. The third kappa shape index (κ3) is 11.1. The molecular formula is C20H30O7. The Balaban J connectivity index is 2.26. The van der Waals surface area contributed by atoms with Crippen LogP contribution in [0.5, 0.6) is 0 Å². The Morgan fingerprint density at radius 3 is 2.11 bits per heavy atom. The van der Waals surface area contributed by atoms with Crippen LogP contribution in [0.1, 0.15) is 69.8 Å². The topological polar surface area (TPSA) is 114 Å². The summed E-state index contributed by atoms with van der Waals surface area (Å²) in [7, 11) is 0. The van der Waals surface area contributed by atoms with Gasteiger partial charge in [-0.1, -0.05) is 13.3 Å². The number of carboxylic acid groups (broad SMARTS) is 2. The number of aryl methyl sites for hydroxylation is 2. The van der Waals surface area contributed by atoms with Crippen molar-refractivity contribution in [3.05, 3.63) is 23.7 Å². The van der Waals surface area contributed by atoms with Gasteiger partial charge in [-0.3, -0.25) is 14.4 Å². The van der Waals surface area contributed by atoms with Gasteiger partial charge in [0.2, 0.25) is 0 Å². The number of furan rings is 1. The highest BCUT2D eigenvalue weighted by atomic mass is 16.5. The maximum atomic E-state index is 10.6. The number of rotatable bonds is 16. The van der Waals surface area contributed by atoms with Crippen LogP contribution in [0.15, 0.2) is 16.5 Å². The number of carbonyl (C=O) groups excluding carboxylic acids is 1. The van der Waals surface area contributed by atoms with Gasteiger partial charge in [0.1, 0.15) is 17.6 Å². The standard InChI is InChI=1S/C20H30O7/c1-15(8-12-19(22)23)4-2-6-17-9-10-18(27-17)7-3-5-16(26-14-21)11-13-20(24)25/h9-10,14-16H,2-8,11-13H2,1H3,(H,22,23)(H,24,25). The average Bonchev–Trinajstić information content (AvgIpc) is 3.05. The summed E-state index contributed by atoms with van der Waals surface area (Å²) in [6, 6.07) is 3.90. The number of ether oxygens (including phenoxy) is 1. The second kappa shape index (κ2) is 12.9. The molecule has 27 heavy (non-hydrogen) atoms. The Morgan fingerprint density at radius 2 is 1.56 bits per heavy atom. The lowest BCUT2D eigenvalue weighted by atomic mass is 9.98. The molecule has 0 radical (unpaired) electrons. The van der Waals surface area contributed by atoms with Crippen molar-refractivity contribution in [2.75, 3.05) is 0 Å². The zero-order chi connectivity index (χ0) is 20.1. The summed E-state index contributed by atoms with van der Waals surface area (Å²) in [5.74, 6) is 0.522. The summed E-state index contributed by atoms with van der Waals surface area (Å²) in [6.07, 6.45) is 5.65. The number of carboxylic acids is 2. The van der Waals surface area contributed by atoms with Crippen LogP contribution in [0.2, 0.25) is 0 Å². The van der Waals surface area contributed by atoms with Crippen molar-refractivity contribution in [2.24, 2.45) is 5.92 Å². The Kier molecular flexibility index (Phi) is 10.9. The normalized spacial score (nSPS) is 13.1. The van der Waals surface area contributed by atoms with Gasteiger partial charge in [-0.2, -0.15) is 0 Å². The number of hydrogen-bond acceptors (Lipinski definition) is 5. The molecule has 1 rings (SSSR count). The minimum Gasteiger partial charge on any atom is -0.481 e. The Morgan fingerprint density at radius 1 is 1.00 bits per heavy atom. The van der Waals surface area contributed by atoms with Crippen molar-refractivity contribution < 1.29 is 33.8 Å². The minimum absolute atomic E-state index is 0.0195. The Bertz CT molecular complexity index is 579. The van der Waals surface area contributed by atoms with E-state index in [0.29, 0.717) is 38.1 Å². The first-order chi connectivity index (χ1) is 12.9. The number of carbonyl (C=O) groups is 3. The molecular weight excluding hydrogens is 352 g/mol. The van der Waals surface area contributed by atoms with E-state index in [4.69, 9.17) is 19.4 Å². The van der Waals surface area contributed by atoms with Crippen molar-refractivity contribution >= 4 is 18.4 Å². The van der Waals surface area contributed by atoms with Gasteiger partial charge in [0.25, 0.3) is 6.47 Å². The molecule has 0 aromatic carbocycles. The maximum Gasteiger partial charge on any atom is 0.303 e. The second-order valence-electron chi connectivity index (χ2n) is 6.98. The van der Waals surface area contributed by atoms with Gasteiger partial charge in [0.15, 0.2) is 0 Å². The van der Waals surface area contributed by atoms with Gasteiger partial charge in [0, 0.05) is 25.7 Å². The number of aliphatic carboxylic acids is 2. The van der Waals surface area contributed by atoms with Crippen molar-refractivity contribution in [3.63, 3.8) is 0 Å². The van der Waals surface area contributed by atoms with Crippen molar-refractivity contribution in [3.8, 4) is 0 Å². The smallest absolute Gasteiger partial charge is 0.303 e. The van der Waals surface area contributed by atoms with E-state index in [2.05, 4.69) is 6.92 Å². The van der Waals surface area contributed by atoms with E-state index in [1.807, 2.05) is 12.1 Å². The largest absolute Gasteiger partial charge is 0.481 e. The van der Waals surface area contributed by atoms with E-state index in [1.54, 1.807) is 0 Å². The Hall–Kier alpha value is -2.31. The van der Waals surface area contributed by atoms with Crippen LogP contribution in [0.3, 0.4) is 0 Å². The lowest BCUT2D eigenvalue weighted by Gasteiger charge is -2.13. The number of hydrogen-bond donors (Lipinski definition) is 2. The Labute approximate surface area is 159 Å². The van der Waals surface area contributed by atoms with Crippen molar-refractivity contribution in [2.45, 2.75) is 77.2 Å². The lowest BCUT2D eigenvalue weighted by molar-refractivity contribution is -0.141. The predicted molar refractivity (Wildman–Crippen MR) is 98.4 cm³/mol. The first kappa shape index (κ1) is 22.7. The van der Waals surface area contributed by atoms with E-state index >= 15 is 0 Å². The highest BCUT2D eigenvalue weighted by Crippen LogP contribution is 2.18. The minimum atomic E-state index is -0.901. The summed E-state index contributed by atoms with van der Waals surface area (Å²) in [4.78, 5) is 31.7. The first-order valence-electron chi connectivity index (χ1n) is 9.51. The molecule has 0 spiro atoms. The van der Waals surface area contributed by atoms with E-state index in [1.165, 1.54) is 0 Å².